The minimum Gasteiger partial charge on any atom is -0.481 e. The molecular formula is C18H30N4O10S. The Balaban J connectivity index is 5.25. The summed E-state index contributed by atoms with van der Waals surface area (Å²) in [5.74, 6) is -6.24. The topological polar surface area (TPSA) is 245 Å². The molecule has 0 radical (unpaired) electrons. The molecule has 3 amide bonds. The van der Waals surface area contributed by atoms with Crippen LogP contribution in [0, 0.1) is 0 Å². The van der Waals surface area contributed by atoms with Gasteiger partial charge in [-0.15, -0.1) is 0 Å². The van der Waals surface area contributed by atoms with Crippen molar-refractivity contribution in [1.82, 2.24) is 16.0 Å². The van der Waals surface area contributed by atoms with Crippen molar-refractivity contribution in [3.63, 3.8) is 0 Å². The van der Waals surface area contributed by atoms with Gasteiger partial charge in [-0.1, -0.05) is 0 Å². The van der Waals surface area contributed by atoms with E-state index in [-0.39, 0.29) is 19.3 Å². The fourth-order valence-electron chi connectivity index (χ4n) is 2.46. The second-order valence-electron chi connectivity index (χ2n) is 6.96. The normalized spacial score (nSPS) is 14.3. The highest BCUT2D eigenvalue weighted by Gasteiger charge is 2.30. The fourth-order valence-corrected chi connectivity index (χ4v) is 2.93. The molecular weight excluding hydrogens is 464 g/mol. The van der Waals surface area contributed by atoms with Crippen molar-refractivity contribution in [3.8, 4) is 0 Å². The van der Waals surface area contributed by atoms with Crippen molar-refractivity contribution in [1.29, 1.82) is 0 Å². The number of amides is 3. The van der Waals surface area contributed by atoms with E-state index in [1.165, 1.54) is 11.8 Å². The maximum absolute atomic E-state index is 12.6. The summed E-state index contributed by atoms with van der Waals surface area (Å²) in [5, 5.41) is 42.8. The Morgan fingerprint density at radius 2 is 1.24 bits per heavy atom. The summed E-state index contributed by atoms with van der Waals surface area (Å²) < 4.78 is 0. The number of nitrogens with one attached hydrogen (secondary N) is 3. The quantitative estimate of drug-likeness (QED) is 0.103. The molecule has 0 aromatic heterocycles. The molecule has 0 saturated carbocycles. The third kappa shape index (κ3) is 12.6. The van der Waals surface area contributed by atoms with Gasteiger partial charge in [0.15, 0.2) is 0 Å². The highest BCUT2D eigenvalue weighted by atomic mass is 32.2. The highest BCUT2D eigenvalue weighted by Crippen LogP contribution is 2.04. The van der Waals surface area contributed by atoms with Gasteiger partial charge in [-0.3, -0.25) is 24.0 Å². The molecule has 0 aromatic rings. The molecule has 0 saturated heterocycles. The van der Waals surface area contributed by atoms with E-state index < -0.39 is 79.2 Å². The summed E-state index contributed by atoms with van der Waals surface area (Å²) in [4.78, 5) is 69.9. The number of rotatable bonds is 17. The maximum atomic E-state index is 12.6. The van der Waals surface area contributed by atoms with Crippen LogP contribution in [-0.2, 0) is 28.8 Å². The number of carbonyl (C=O) groups is 6. The molecule has 0 aliphatic heterocycles. The van der Waals surface area contributed by atoms with E-state index in [4.69, 9.17) is 15.9 Å². The molecule has 188 valence electrons. The predicted molar refractivity (Wildman–Crippen MR) is 115 cm³/mol. The average Bonchev–Trinajstić information content (AvgIpc) is 2.74. The summed E-state index contributed by atoms with van der Waals surface area (Å²) in [6.45, 7) is -0.899. The molecule has 0 aromatic carbocycles. The number of carboxylic acid groups (broad SMARTS) is 3. The lowest BCUT2D eigenvalue weighted by Gasteiger charge is -2.24. The Hall–Kier alpha value is -2.91. The van der Waals surface area contributed by atoms with Gasteiger partial charge in [0.05, 0.1) is 12.6 Å². The highest BCUT2D eigenvalue weighted by molar-refractivity contribution is 7.98. The van der Waals surface area contributed by atoms with Crippen LogP contribution in [0.1, 0.15) is 32.1 Å². The van der Waals surface area contributed by atoms with Gasteiger partial charge in [0, 0.05) is 12.8 Å². The van der Waals surface area contributed by atoms with E-state index in [1.807, 2.05) is 0 Å². The van der Waals surface area contributed by atoms with E-state index >= 15 is 0 Å². The molecule has 4 atom stereocenters. The zero-order chi connectivity index (χ0) is 25.6. The van der Waals surface area contributed by atoms with Crippen LogP contribution in [0.5, 0.6) is 0 Å². The van der Waals surface area contributed by atoms with Gasteiger partial charge in [0.1, 0.15) is 18.1 Å². The maximum Gasteiger partial charge on any atom is 0.326 e. The van der Waals surface area contributed by atoms with E-state index in [1.54, 1.807) is 6.26 Å². The number of hydrogen-bond donors (Lipinski definition) is 8. The predicted octanol–water partition coefficient (Wildman–Crippen LogP) is -2.67. The van der Waals surface area contributed by atoms with Crippen LogP contribution in [-0.4, -0.2) is 98.8 Å². The number of thioether (sulfide) groups is 1. The van der Waals surface area contributed by atoms with Crippen LogP contribution in [0.25, 0.3) is 0 Å². The van der Waals surface area contributed by atoms with E-state index in [9.17, 15) is 39.0 Å². The SMILES string of the molecule is CSCCC(NC(=O)C(CO)NC(=O)C(CCC(=O)O)NC(=O)C(N)CCC(=O)O)C(=O)O. The lowest BCUT2D eigenvalue weighted by atomic mass is 10.1. The molecule has 14 nitrogen and oxygen atoms in total. The smallest absolute Gasteiger partial charge is 0.326 e. The Bertz CT molecular complexity index is 720. The summed E-state index contributed by atoms with van der Waals surface area (Å²) in [7, 11) is 0. The first kappa shape index (κ1) is 30.1. The van der Waals surface area contributed by atoms with Crippen molar-refractivity contribution >= 4 is 47.4 Å². The number of hydrogen-bond acceptors (Lipinski definition) is 9. The first-order valence-electron chi connectivity index (χ1n) is 9.85. The van der Waals surface area contributed by atoms with Gasteiger partial charge in [0.25, 0.3) is 0 Å². The number of aliphatic carboxylic acids is 3. The molecule has 0 rings (SSSR count). The third-order valence-electron chi connectivity index (χ3n) is 4.33. The number of carbonyl (C=O) groups excluding carboxylic acids is 3. The second-order valence-corrected chi connectivity index (χ2v) is 7.94. The van der Waals surface area contributed by atoms with Crippen molar-refractivity contribution in [3.05, 3.63) is 0 Å². The van der Waals surface area contributed by atoms with Gasteiger partial charge < -0.3 is 42.1 Å². The first-order valence-corrected chi connectivity index (χ1v) is 11.2. The second kappa shape index (κ2) is 15.8. The standard InChI is InChI=1S/C18H30N4O10S/c1-33-7-6-11(18(31)32)21-17(30)12(8-23)22-16(29)10(3-5-14(26)27)20-15(28)9(19)2-4-13(24)25/h9-12,23H,2-8,19H2,1H3,(H,20,28)(H,21,30)(H,22,29)(H,24,25)(H,26,27)(H,31,32). The monoisotopic (exact) mass is 494 g/mol. The third-order valence-corrected chi connectivity index (χ3v) is 4.97. The van der Waals surface area contributed by atoms with Crippen LogP contribution in [0.2, 0.25) is 0 Å². The molecule has 33 heavy (non-hydrogen) atoms. The van der Waals surface area contributed by atoms with Crippen molar-refractivity contribution < 1.29 is 49.2 Å². The molecule has 0 aliphatic rings. The number of aliphatic hydroxyl groups is 1. The number of aliphatic hydroxyl groups excluding tert-OH is 1. The molecule has 0 spiro atoms. The Kier molecular flexibility index (Phi) is 14.4. The largest absolute Gasteiger partial charge is 0.481 e. The van der Waals surface area contributed by atoms with Gasteiger partial charge in [-0.2, -0.15) is 11.8 Å². The number of nitrogens with two attached hydrogens (primary N) is 1. The lowest BCUT2D eigenvalue weighted by Crippen LogP contribution is -2.58. The van der Waals surface area contributed by atoms with Crippen LogP contribution < -0.4 is 21.7 Å². The number of carboxylic acids is 3. The van der Waals surface area contributed by atoms with Crippen LogP contribution in [0.3, 0.4) is 0 Å². The molecule has 0 fully saturated rings. The molecule has 0 aliphatic carbocycles. The van der Waals surface area contributed by atoms with Gasteiger partial charge in [-0.05, 0) is 31.3 Å². The van der Waals surface area contributed by atoms with E-state index in [2.05, 4.69) is 16.0 Å². The minimum atomic E-state index is -1.57. The first-order chi connectivity index (χ1) is 15.4. The van der Waals surface area contributed by atoms with Crippen molar-refractivity contribution in [2.75, 3.05) is 18.6 Å². The Morgan fingerprint density at radius 1 is 0.758 bits per heavy atom. The average molecular weight is 495 g/mol. The van der Waals surface area contributed by atoms with Crippen molar-refractivity contribution in [2.24, 2.45) is 5.73 Å². The minimum absolute atomic E-state index is 0.0971. The lowest BCUT2D eigenvalue weighted by molar-refractivity contribution is -0.142. The molecule has 9 N–H and O–H groups in total. The zero-order valence-electron chi connectivity index (χ0n) is 18.0. The van der Waals surface area contributed by atoms with E-state index in [0.29, 0.717) is 5.75 Å². The molecule has 4 unspecified atom stereocenters. The fraction of sp³-hybridized carbons (Fsp3) is 0.667. The van der Waals surface area contributed by atoms with Gasteiger partial charge >= 0.3 is 17.9 Å². The van der Waals surface area contributed by atoms with Gasteiger partial charge in [0.2, 0.25) is 17.7 Å². The van der Waals surface area contributed by atoms with Crippen LogP contribution >= 0.6 is 11.8 Å². The van der Waals surface area contributed by atoms with Crippen LogP contribution in [0.15, 0.2) is 0 Å². The van der Waals surface area contributed by atoms with E-state index in [0.717, 1.165) is 0 Å². The summed E-state index contributed by atoms with van der Waals surface area (Å²) >= 11 is 1.36. The molecule has 0 heterocycles. The Labute approximate surface area is 193 Å². The molecule has 15 heteroatoms. The van der Waals surface area contributed by atoms with Gasteiger partial charge in [-0.25, -0.2) is 4.79 Å². The van der Waals surface area contributed by atoms with Crippen LogP contribution in [0.4, 0.5) is 0 Å². The summed E-state index contributed by atoms with van der Waals surface area (Å²) in [6.07, 6.45) is 0.284. The zero-order valence-corrected chi connectivity index (χ0v) is 18.8. The Morgan fingerprint density at radius 3 is 1.73 bits per heavy atom. The molecule has 0 bridgehead atoms. The summed E-state index contributed by atoms with van der Waals surface area (Å²) in [6, 6.07) is -5.58. The summed E-state index contributed by atoms with van der Waals surface area (Å²) in [5.41, 5.74) is 5.58. The van der Waals surface area contributed by atoms with Crippen molar-refractivity contribution in [2.45, 2.75) is 56.3 Å².